The summed E-state index contributed by atoms with van der Waals surface area (Å²) in [5, 5.41) is 0. The third-order valence-electron chi connectivity index (χ3n) is 0. The summed E-state index contributed by atoms with van der Waals surface area (Å²) in [5.41, 5.74) is 0. The molecule has 0 aromatic carbocycles. The molecule has 0 fully saturated rings. The maximum absolute atomic E-state index is 0. The number of rotatable bonds is 0. The van der Waals surface area contributed by atoms with E-state index in [1.54, 1.807) is 0 Å². The first-order chi connectivity index (χ1) is 0. The topological polar surface area (TPSA) is 0 Å². The van der Waals surface area contributed by atoms with E-state index in [9.17, 15) is 0 Å². The van der Waals surface area contributed by atoms with E-state index >= 15 is 0 Å². The van der Waals surface area contributed by atoms with Crippen LogP contribution < -0.4 is 0 Å². The summed E-state index contributed by atoms with van der Waals surface area (Å²) < 4.78 is 0. The van der Waals surface area contributed by atoms with Gasteiger partial charge in [0.15, 0.2) is 0 Å². The Hall–Kier alpha value is 2.10. The molecule has 0 rings (SSSR count). The van der Waals surface area contributed by atoms with Crippen molar-refractivity contribution >= 4 is 8.41 Å². The van der Waals surface area contributed by atoms with Crippen molar-refractivity contribution in [3.8, 4) is 0 Å². The van der Waals surface area contributed by atoms with Crippen LogP contribution in [0.5, 0.6) is 0 Å². The van der Waals surface area contributed by atoms with Gasteiger partial charge in [0.1, 0.15) is 0 Å². The van der Waals surface area contributed by atoms with Crippen LogP contribution >= 0.6 is 0 Å². The van der Waals surface area contributed by atoms with E-state index in [0.717, 1.165) is 0 Å². The van der Waals surface area contributed by atoms with Gasteiger partial charge in [-0.1, -0.05) is 0 Å². The molecule has 0 spiro atoms. The van der Waals surface area contributed by atoms with E-state index in [1.165, 1.54) is 0 Å². The van der Waals surface area contributed by atoms with Crippen molar-refractivity contribution < 1.29 is 67.4 Å². The molecule has 5 heteroatoms. The Balaban J connectivity index is 0. The molecule has 0 saturated heterocycles. The van der Waals surface area contributed by atoms with Crippen LogP contribution in [0.3, 0.4) is 0 Å². The van der Waals surface area contributed by atoms with Gasteiger partial charge in [-0.3, -0.25) is 0 Å². The second-order valence-corrected chi connectivity index (χ2v) is 0. The van der Waals surface area contributed by atoms with Crippen LogP contribution in [0.2, 0.25) is 0 Å². The van der Waals surface area contributed by atoms with Crippen LogP contribution in [0.4, 0.5) is 0 Å². The van der Waals surface area contributed by atoms with Crippen molar-refractivity contribution in [3.05, 3.63) is 0 Å². The molecular formula is BCoFe2Ni. The average molecular weight is 240 g/mol. The van der Waals surface area contributed by atoms with Gasteiger partial charge in [-0.25, -0.2) is 0 Å². The van der Waals surface area contributed by atoms with Gasteiger partial charge in [0.2, 0.25) is 0 Å². The van der Waals surface area contributed by atoms with Crippen LogP contribution in [0, 0.1) is 0 Å². The van der Waals surface area contributed by atoms with E-state index < -0.39 is 0 Å². The molecule has 0 nitrogen and oxygen atoms in total. The molecule has 0 aliphatic heterocycles. The van der Waals surface area contributed by atoms with E-state index in [-0.39, 0.29) is 75.8 Å². The SMILES string of the molecule is [B].[Co].[Fe].[Fe].[Ni]. The monoisotopic (exact) mass is 240 g/mol. The zero-order chi connectivity index (χ0) is 0. The Morgan fingerprint density at radius 2 is 0.800 bits per heavy atom. The van der Waals surface area contributed by atoms with E-state index in [4.69, 9.17) is 0 Å². The fraction of sp³-hybridized carbons (Fsp3) is 0. The van der Waals surface area contributed by atoms with Crippen molar-refractivity contribution in [2.24, 2.45) is 0 Å². The summed E-state index contributed by atoms with van der Waals surface area (Å²) in [4.78, 5) is 0. The maximum Gasteiger partial charge on any atom is 0 e. The molecule has 0 aliphatic carbocycles. The zero-order valence-corrected chi connectivity index (χ0v) is 6.17. The molecule has 4 radical (unpaired) electrons. The van der Waals surface area contributed by atoms with Crippen molar-refractivity contribution in [2.75, 3.05) is 0 Å². The predicted octanol–water partition coefficient (Wildman–Crippen LogP) is -0.391. The molecule has 0 saturated carbocycles. The van der Waals surface area contributed by atoms with Crippen molar-refractivity contribution in [3.63, 3.8) is 0 Å². The van der Waals surface area contributed by atoms with E-state index in [1.807, 2.05) is 0 Å². The number of hydrogen-bond donors (Lipinski definition) is 0. The second kappa shape index (κ2) is 35.9. The summed E-state index contributed by atoms with van der Waals surface area (Å²) in [6.07, 6.45) is 0. The standard InChI is InChI=1S/B.Co.2Fe.Ni. The van der Waals surface area contributed by atoms with Gasteiger partial charge in [0.05, 0.1) is 0 Å². The minimum absolute atomic E-state index is 0. The van der Waals surface area contributed by atoms with Crippen molar-refractivity contribution in [1.29, 1.82) is 0 Å². The fourth-order valence-electron chi connectivity index (χ4n) is 0. The summed E-state index contributed by atoms with van der Waals surface area (Å²) in [6.45, 7) is 0. The van der Waals surface area contributed by atoms with Crippen LogP contribution in [0.25, 0.3) is 0 Å². The minimum atomic E-state index is 0. The Morgan fingerprint density at radius 1 is 0.800 bits per heavy atom. The summed E-state index contributed by atoms with van der Waals surface area (Å²) in [6, 6.07) is 0. The normalized spacial score (nSPS) is 0. The first-order valence-corrected chi connectivity index (χ1v) is 0. The maximum atomic E-state index is 0. The van der Waals surface area contributed by atoms with Crippen LogP contribution in [0.1, 0.15) is 0 Å². The van der Waals surface area contributed by atoms with Gasteiger partial charge in [0, 0.05) is 75.8 Å². The van der Waals surface area contributed by atoms with Gasteiger partial charge < -0.3 is 0 Å². The molecule has 0 unspecified atom stereocenters. The molecule has 0 amide bonds. The Bertz CT molecular complexity index is 9.61. The van der Waals surface area contributed by atoms with Crippen molar-refractivity contribution in [2.45, 2.75) is 0 Å². The average Bonchev–Trinajstić information content (AvgIpc) is 0. The molecule has 0 aromatic rings. The molecular weight excluding hydrogens is 240 g/mol. The molecule has 0 aromatic heterocycles. The molecule has 0 atom stereocenters. The fourth-order valence-corrected chi connectivity index (χ4v) is 0. The summed E-state index contributed by atoms with van der Waals surface area (Å²) >= 11 is 0. The number of hydrogen-bond acceptors (Lipinski definition) is 0. The Labute approximate surface area is 75.2 Å². The second-order valence-electron chi connectivity index (χ2n) is 0. The third kappa shape index (κ3) is 23.2. The molecule has 38 valence electrons. The van der Waals surface area contributed by atoms with Gasteiger partial charge in [-0.15, -0.1) is 0 Å². The molecule has 0 aliphatic rings. The largest absolute Gasteiger partial charge is 0 e. The van der Waals surface area contributed by atoms with Crippen LogP contribution in [-0.2, 0) is 67.4 Å². The third-order valence-corrected chi connectivity index (χ3v) is 0. The first-order valence-electron chi connectivity index (χ1n) is 0. The summed E-state index contributed by atoms with van der Waals surface area (Å²) in [7, 11) is 0. The van der Waals surface area contributed by atoms with Crippen molar-refractivity contribution in [1.82, 2.24) is 0 Å². The predicted molar refractivity (Wildman–Crippen MR) is 5.75 cm³/mol. The van der Waals surface area contributed by atoms with E-state index in [0.29, 0.717) is 0 Å². The molecule has 0 N–H and O–H groups in total. The quantitative estimate of drug-likeness (QED) is 0.506. The van der Waals surface area contributed by atoms with Crippen LogP contribution in [-0.4, -0.2) is 8.41 Å². The van der Waals surface area contributed by atoms with Gasteiger partial charge in [-0.2, -0.15) is 0 Å². The van der Waals surface area contributed by atoms with Gasteiger partial charge in [-0.05, 0) is 0 Å². The van der Waals surface area contributed by atoms with Crippen LogP contribution in [0.15, 0.2) is 0 Å². The Kier molecular flexibility index (Phi) is 430. The van der Waals surface area contributed by atoms with Gasteiger partial charge in [0.25, 0.3) is 0 Å². The smallest absolute Gasteiger partial charge is 0 e. The Morgan fingerprint density at radius 3 is 0.800 bits per heavy atom. The zero-order valence-electron chi connectivity index (χ0n) is 1.93. The minimum Gasteiger partial charge on any atom is 0 e. The molecule has 5 heavy (non-hydrogen) atoms. The molecule has 0 heterocycles. The van der Waals surface area contributed by atoms with Gasteiger partial charge >= 0.3 is 0 Å². The first kappa shape index (κ1) is 59.8. The van der Waals surface area contributed by atoms with E-state index in [2.05, 4.69) is 0 Å². The molecule has 0 bridgehead atoms. The summed E-state index contributed by atoms with van der Waals surface area (Å²) in [5.74, 6) is 0.